The van der Waals surface area contributed by atoms with E-state index in [0.29, 0.717) is 0 Å². The van der Waals surface area contributed by atoms with Crippen LogP contribution in [0.25, 0.3) is 11.1 Å². The van der Waals surface area contributed by atoms with Crippen LogP contribution in [-0.4, -0.2) is 10.0 Å². The predicted molar refractivity (Wildman–Crippen MR) is 90.8 cm³/mol. The number of fused-ring (bicyclic) bond motifs is 3. The first-order chi connectivity index (χ1) is 11.0. The van der Waals surface area contributed by atoms with Crippen LogP contribution in [0.15, 0.2) is 36.4 Å². The molecule has 1 aliphatic rings. The van der Waals surface area contributed by atoms with Gasteiger partial charge in [-0.25, -0.2) is 0 Å². The zero-order chi connectivity index (χ0) is 16.6. The number of non-ortho nitro benzene ring substituents is 1. The van der Waals surface area contributed by atoms with Crippen molar-refractivity contribution < 1.29 is 10.0 Å². The molecule has 0 radical (unpaired) electrons. The third kappa shape index (κ3) is 2.29. The van der Waals surface area contributed by atoms with E-state index >= 15 is 0 Å². The fourth-order valence-corrected chi connectivity index (χ4v) is 4.10. The molecule has 3 rings (SSSR count). The van der Waals surface area contributed by atoms with E-state index < -0.39 is 0 Å². The molecule has 0 aromatic heterocycles. The van der Waals surface area contributed by atoms with Crippen LogP contribution < -0.4 is 0 Å². The number of hydrogen-bond acceptors (Lipinski definition) is 3. The van der Waals surface area contributed by atoms with Crippen LogP contribution in [0.1, 0.15) is 50.7 Å². The maximum atomic E-state index is 11.2. The van der Waals surface area contributed by atoms with Gasteiger partial charge in [-0.2, -0.15) is 0 Å². The van der Waals surface area contributed by atoms with E-state index in [1.165, 1.54) is 0 Å². The highest BCUT2D eigenvalue weighted by Crippen LogP contribution is 2.55. The molecule has 0 unspecified atom stereocenters. The minimum absolute atomic E-state index is 0.136. The van der Waals surface area contributed by atoms with Crippen LogP contribution in [-0.2, 0) is 5.41 Å². The van der Waals surface area contributed by atoms with Crippen molar-refractivity contribution in [1.29, 1.82) is 0 Å². The van der Waals surface area contributed by atoms with Crippen molar-refractivity contribution in [2.24, 2.45) is 0 Å². The molecule has 2 aromatic rings. The van der Waals surface area contributed by atoms with Gasteiger partial charge in [0, 0.05) is 17.5 Å². The molecular weight excluding hydrogens is 290 g/mol. The molecule has 1 aliphatic carbocycles. The summed E-state index contributed by atoms with van der Waals surface area (Å²) in [5.74, 6) is 0.252. The lowest BCUT2D eigenvalue weighted by atomic mass is 9.71. The third-order valence-electron chi connectivity index (χ3n) is 4.89. The first-order valence-corrected chi connectivity index (χ1v) is 8.16. The Morgan fingerprint density at radius 3 is 2.13 bits per heavy atom. The van der Waals surface area contributed by atoms with Crippen LogP contribution in [0.3, 0.4) is 0 Å². The summed E-state index contributed by atoms with van der Waals surface area (Å²) >= 11 is 0. The average molecular weight is 311 g/mol. The smallest absolute Gasteiger partial charge is 0.269 e. The first-order valence-electron chi connectivity index (χ1n) is 8.16. The Kier molecular flexibility index (Phi) is 3.84. The molecule has 0 atom stereocenters. The molecule has 23 heavy (non-hydrogen) atoms. The molecule has 0 aliphatic heterocycles. The van der Waals surface area contributed by atoms with E-state index in [1.807, 2.05) is 18.2 Å². The molecule has 1 N–H and O–H groups in total. The number of rotatable bonds is 5. The largest absolute Gasteiger partial charge is 0.508 e. The number of hydrogen-bond donors (Lipinski definition) is 1. The Bertz CT molecular complexity index is 761. The summed E-state index contributed by atoms with van der Waals surface area (Å²) in [6.45, 7) is 4.27. The molecule has 0 saturated carbocycles. The predicted octanol–water partition coefficient (Wildman–Crippen LogP) is 5.17. The van der Waals surface area contributed by atoms with Gasteiger partial charge < -0.3 is 5.11 Å². The number of nitro groups is 1. The summed E-state index contributed by atoms with van der Waals surface area (Å²) < 4.78 is 0. The van der Waals surface area contributed by atoms with Gasteiger partial charge >= 0.3 is 0 Å². The highest BCUT2D eigenvalue weighted by Gasteiger charge is 2.42. The van der Waals surface area contributed by atoms with Gasteiger partial charge in [0.15, 0.2) is 0 Å². The Morgan fingerprint density at radius 1 is 1.00 bits per heavy atom. The maximum absolute atomic E-state index is 11.2. The van der Waals surface area contributed by atoms with Gasteiger partial charge in [-0.15, -0.1) is 0 Å². The summed E-state index contributed by atoms with van der Waals surface area (Å²) in [5.41, 5.74) is 4.20. The van der Waals surface area contributed by atoms with Crippen LogP contribution in [0.2, 0.25) is 0 Å². The molecule has 4 nitrogen and oxygen atoms in total. The van der Waals surface area contributed by atoms with Crippen LogP contribution in [0.4, 0.5) is 5.69 Å². The highest BCUT2D eigenvalue weighted by atomic mass is 16.6. The molecule has 0 bridgehead atoms. The number of benzene rings is 2. The lowest BCUT2D eigenvalue weighted by Crippen LogP contribution is -2.25. The normalized spacial score (nSPS) is 14.3. The molecule has 4 heteroatoms. The van der Waals surface area contributed by atoms with Crippen LogP contribution in [0.5, 0.6) is 5.75 Å². The third-order valence-corrected chi connectivity index (χ3v) is 4.89. The number of aromatic hydroxyl groups is 1. The van der Waals surface area contributed by atoms with Crippen molar-refractivity contribution in [3.63, 3.8) is 0 Å². The Balaban J connectivity index is 2.32. The maximum Gasteiger partial charge on any atom is 0.269 e. The molecule has 120 valence electrons. The molecule has 0 amide bonds. The van der Waals surface area contributed by atoms with Crippen molar-refractivity contribution in [3.8, 4) is 16.9 Å². The lowest BCUT2D eigenvalue weighted by Gasteiger charge is -2.31. The Hall–Kier alpha value is -2.36. The first kappa shape index (κ1) is 15.5. The second kappa shape index (κ2) is 5.69. The molecule has 0 spiro atoms. The zero-order valence-electron chi connectivity index (χ0n) is 13.5. The topological polar surface area (TPSA) is 63.4 Å². The fraction of sp³-hybridized carbons (Fsp3) is 0.368. The van der Waals surface area contributed by atoms with Crippen molar-refractivity contribution in [2.45, 2.75) is 44.9 Å². The van der Waals surface area contributed by atoms with Crippen molar-refractivity contribution >= 4 is 5.69 Å². The number of phenols is 1. The van der Waals surface area contributed by atoms with Crippen molar-refractivity contribution in [3.05, 3.63) is 57.6 Å². The second-order valence-electron chi connectivity index (χ2n) is 6.30. The minimum Gasteiger partial charge on any atom is -0.508 e. The summed E-state index contributed by atoms with van der Waals surface area (Å²) in [4.78, 5) is 10.9. The van der Waals surface area contributed by atoms with Gasteiger partial charge in [0.2, 0.25) is 0 Å². The minimum atomic E-state index is -0.330. The monoisotopic (exact) mass is 311 g/mol. The van der Waals surface area contributed by atoms with E-state index in [4.69, 9.17) is 0 Å². The van der Waals surface area contributed by atoms with Crippen LogP contribution >= 0.6 is 0 Å². The average Bonchev–Trinajstić information content (AvgIpc) is 2.78. The van der Waals surface area contributed by atoms with Gasteiger partial charge in [-0.1, -0.05) is 32.8 Å². The molecule has 0 heterocycles. The number of nitrogens with zero attached hydrogens (tertiary/aromatic N) is 1. The van der Waals surface area contributed by atoms with E-state index in [0.717, 1.165) is 47.9 Å². The van der Waals surface area contributed by atoms with Crippen LogP contribution in [0, 0.1) is 10.1 Å². The summed E-state index contributed by atoms with van der Waals surface area (Å²) in [5, 5.41) is 21.2. The number of phenolic OH excluding ortho intramolecular Hbond substituents is 1. The van der Waals surface area contributed by atoms with Gasteiger partial charge in [-0.3, -0.25) is 10.1 Å². The number of nitro benzene ring substituents is 1. The highest BCUT2D eigenvalue weighted by molar-refractivity contribution is 5.82. The van der Waals surface area contributed by atoms with Gasteiger partial charge in [-0.05, 0) is 53.3 Å². The van der Waals surface area contributed by atoms with Gasteiger partial charge in [0.25, 0.3) is 5.69 Å². The van der Waals surface area contributed by atoms with E-state index in [9.17, 15) is 15.2 Å². The van der Waals surface area contributed by atoms with Crippen molar-refractivity contribution in [1.82, 2.24) is 0 Å². The standard InChI is InChI=1S/C19H21NO3/c1-3-9-19(10-4-2)17-11-13(20(22)23)5-7-15(17)16-8-6-14(21)12-18(16)19/h5-8,11-12,21H,3-4,9-10H2,1-2H3. The second-order valence-corrected chi connectivity index (χ2v) is 6.30. The van der Waals surface area contributed by atoms with E-state index in [-0.39, 0.29) is 21.8 Å². The van der Waals surface area contributed by atoms with Gasteiger partial charge in [0.05, 0.1) is 4.92 Å². The zero-order valence-corrected chi connectivity index (χ0v) is 13.5. The summed E-state index contributed by atoms with van der Waals surface area (Å²) in [7, 11) is 0. The molecule has 0 fully saturated rings. The quantitative estimate of drug-likeness (QED) is 0.612. The Labute approximate surface area is 135 Å². The van der Waals surface area contributed by atoms with Crippen molar-refractivity contribution in [2.75, 3.05) is 0 Å². The fourth-order valence-electron chi connectivity index (χ4n) is 4.10. The molecular formula is C19H21NO3. The summed E-state index contributed by atoms with van der Waals surface area (Å²) in [6, 6.07) is 10.6. The van der Waals surface area contributed by atoms with E-state index in [2.05, 4.69) is 13.8 Å². The van der Waals surface area contributed by atoms with Gasteiger partial charge in [0.1, 0.15) is 5.75 Å². The SMILES string of the molecule is CCCC1(CCC)c2cc(O)ccc2-c2ccc([N+](=O)[O-])cc21. The molecule has 2 aromatic carbocycles. The molecule has 0 saturated heterocycles. The van der Waals surface area contributed by atoms with E-state index in [1.54, 1.807) is 18.2 Å². The summed E-state index contributed by atoms with van der Waals surface area (Å²) in [6.07, 6.45) is 3.81. The Morgan fingerprint density at radius 2 is 1.57 bits per heavy atom. The lowest BCUT2D eigenvalue weighted by molar-refractivity contribution is -0.384.